The monoisotopic (exact) mass is 652 g/mol. The Morgan fingerprint density at radius 2 is 1.59 bits per heavy atom. The molecule has 0 aromatic heterocycles. The molecule has 0 aromatic rings. The fourth-order valence-electron chi connectivity index (χ4n) is 5.65. The maximum absolute atomic E-state index is 12.8. The number of aliphatic hydroxyl groups excluding tert-OH is 1. The Kier molecular flexibility index (Phi) is 15.9. The molecular formula is C37H72O5Si2. The summed E-state index contributed by atoms with van der Waals surface area (Å²) in [5.74, 6) is 0.469. The van der Waals surface area contributed by atoms with Crippen molar-refractivity contribution in [3.8, 4) is 0 Å². The topological polar surface area (TPSA) is 65.0 Å². The average molecular weight is 653 g/mol. The van der Waals surface area contributed by atoms with Crippen molar-refractivity contribution in [2.45, 2.75) is 189 Å². The molecule has 44 heavy (non-hydrogen) atoms. The molecule has 0 aromatic carbocycles. The zero-order chi connectivity index (χ0) is 34.3. The van der Waals surface area contributed by atoms with E-state index in [4.69, 9.17) is 13.6 Å². The number of rotatable bonds is 11. The van der Waals surface area contributed by atoms with Crippen molar-refractivity contribution in [3.63, 3.8) is 0 Å². The van der Waals surface area contributed by atoms with Crippen molar-refractivity contribution in [1.82, 2.24) is 0 Å². The summed E-state index contributed by atoms with van der Waals surface area (Å²) in [5, 5.41) is 10.7. The maximum Gasteiger partial charge on any atom is 0.306 e. The number of esters is 1. The minimum absolute atomic E-state index is 0.0722. The zero-order valence-corrected chi connectivity index (χ0v) is 33.7. The summed E-state index contributed by atoms with van der Waals surface area (Å²) in [6.45, 7) is 36.3. The van der Waals surface area contributed by atoms with Crippen molar-refractivity contribution in [1.29, 1.82) is 0 Å². The summed E-state index contributed by atoms with van der Waals surface area (Å²) < 4.78 is 20.0. The van der Waals surface area contributed by atoms with Gasteiger partial charge in [0.2, 0.25) is 0 Å². The Balaban J connectivity index is 3.17. The molecule has 1 unspecified atom stereocenters. The summed E-state index contributed by atoms with van der Waals surface area (Å²) in [4.78, 5) is 12.8. The van der Waals surface area contributed by atoms with Crippen LogP contribution in [0.3, 0.4) is 0 Å². The van der Waals surface area contributed by atoms with Gasteiger partial charge in [-0.3, -0.25) is 4.79 Å². The molecular weight excluding hydrogens is 581 g/mol. The normalized spacial score (nSPS) is 26.4. The Bertz CT molecular complexity index is 956. The molecule has 1 N–H and O–H groups in total. The quantitative estimate of drug-likeness (QED) is 0.137. The van der Waals surface area contributed by atoms with Crippen LogP contribution in [0.25, 0.3) is 0 Å². The van der Waals surface area contributed by atoms with Crippen LogP contribution in [0, 0.1) is 17.8 Å². The van der Waals surface area contributed by atoms with E-state index in [9.17, 15) is 9.90 Å². The first-order valence-corrected chi connectivity index (χ1v) is 23.2. The Morgan fingerprint density at radius 1 is 1.05 bits per heavy atom. The number of carbonyl (C=O) groups excluding carboxylic acids is 1. The lowest BCUT2D eigenvalue weighted by Crippen LogP contribution is -2.48. The van der Waals surface area contributed by atoms with Crippen LogP contribution in [0.2, 0.25) is 36.3 Å². The first kappa shape index (κ1) is 41.3. The van der Waals surface area contributed by atoms with Gasteiger partial charge in [0.15, 0.2) is 16.6 Å². The molecule has 0 amide bonds. The third-order valence-electron chi connectivity index (χ3n) is 10.7. The van der Waals surface area contributed by atoms with Crippen LogP contribution in [-0.2, 0) is 18.4 Å². The molecule has 1 aliphatic rings. The van der Waals surface area contributed by atoms with Crippen LogP contribution in [0.5, 0.6) is 0 Å². The fraction of sp³-hybridized carbons (Fsp3) is 0.865. The van der Waals surface area contributed by atoms with Gasteiger partial charge >= 0.3 is 5.97 Å². The molecule has 7 heteroatoms. The van der Waals surface area contributed by atoms with E-state index < -0.39 is 16.6 Å². The van der Waals surface area contributed by atoms with Crippen molar-refractivity contribution >= 4 is 22.6 Å². The van der Waals surface area contributed by atoms with Gasteiger partial charge in [0, 0.05) is 18.9 Å². The van der Waals surface area contributed by atoms with Crippen molar-refractivity contribution in [2.24, 2.45) is 17.8 Å². The van der Waals surface area contributed by atoms with Crippen LogP contribution in [0.15, 0.2) is 23.3 Å². The molecule has 0 saturated heterocycles. The summed E-state index contributed by atoms with van der Waals surface area (Å²) in [7, 11) is -3.90. The molecule has 5 nitrogen and oxygen atoms in total. The smallest absolute Gasteiger partial charge is 0.306 e. The van der Waals surface area contributed by atoms with Gasteiger partial charge in [-0.25, -0.2) is 0 Å². The Labute approximate surface area is 275 Å². The van der Waals surface area contributed by atoms with E-state index >= 15 is 0 Å². The van der Waals surface area contributed by atoms with Gasteiger partial charge in [-0.1, -0.05) is 85.6 Å². The number of carbonyl (C=O) groups is 1. The van der Waals surface area contributed by atoms with Crippen LogP contribution in [-0.4, -0.2) is 52.1 Å². The third-order valence-corrected chi connectivity index (χ3v) is 19.8. The van der Waals surface area contributed by atoms with Crippen molar-refractivity contribution in [2.75, 3.05) is 0 Å². The van der Waals surface area contributed by atoms with Gasteiger partial charge in [-0.05, 0) is 107 Å². The standard InChI is InChI=1S/C37H72O5Si2/c1-26-20-21-33(40-35(39)19-17-18-32(38)28(3)22-26)29(4)23-27(2)24-30(5)34(42-44(15,16)37(10,11)12)25-31(6)41-43(13,14)36(7,8)9/h20,24,28-34,38H,17-19,21-23,25H2,1-16H3/b26-20+,27-24+/t28-,29-,30+,31+,32?,33+,34+/m0/s1. The molecule has 1 aliphatic heterocycles. The van der Waals surface area contributed by atoms with Gasteiger partial charge < -0.3 is 18.7 Å². The number of hydrogen-bond donors (Lipinski definition) is 1. The van der Waals surface area contributed by atoms with Gasteiger partial charge in [-0.2, -0.15) is 0 Å². The number of aliphatic hydroxyl groups is 1. The first-order valence-electron chi connectivity index (χ1n) is 17.4. The number of allylic oxidation sites excluding steroid dienone is 2. The molecule has 1 rings (SSSR count). The average Bonchev–Trinajstić information content (AvgIpc) is 2.83. The van der Waals surface area contributed by atoms with Crippen molar-refractivity contribution < 1.29 is 23.5 Å². The minimum atomic E-state index is -2.01. The van der Waals surface area contributed by atoms with Crippen LogP contribution in [0.4, 0.5) is 0 Å². The number of hydrogen-bond acceptors (Lipinski definition) is 5. The molecule has 0 fully saturated rings. The predicted octanol–water partition coefficient (Wildman–Crippen LogP) is 10.6. The summed E-state index contributed by atoms with van der Waals surface area (Å²) in [6.07, 6.45) is 9.27. The maximum atomic E-state index is 12.8. The van der Waals surface area contributed by atoms with E-state index in [2.05, 4.69) is 121 Å². The molecule has 0 bridgehead atoms. The van der Waals surface area contributed by atoms with E-state index in [0.29, 0.717) is 25.7 Å². The lowest BCUT2D eigenvalue weighted by atomic mass is 9.89. The van der Waals surface area contributed by atoms with E-state index in [1.165, 1.54) is 11.1 Å². The van der Waals surface area contributed by atoms with Gasteiger partial charge in [-0.15, -0.1) is 0 Å². The predicted molar refractivity (Wildman–Crippen MR) is 193 cm³/mol. The summed E-state index contributed by atoms with van der Waals surface area (Å²) in [5.41, 5.74) is 2.57. The first-order chi connectivity index (χ1) is 19.9. The summed E-state index contributed by atoms with van der Waals surface area (Å²) in [6, 6.07) is 0. The second-order valence-corrected chi connectivity index (χ2v) is 26.9. The lowest BCUT2D eigenvalue weighted by Gasteiger charge is -2.43. The highest BCUT2D eigenvalue weighted by molar-refractivity contribution is 6.74. The van der Waals surface area contributed by atoms with Gasteiger partial charge in [0.05, 0.1) is 12.2 Å². The summed E-state index contributed by atoms with van der Waals surface area (Å²) >= 11 is 0. The highest BCUT2D eigenvalue weighted by Gasteiger charge is 2.42. The SMILES string of the molecule is C/C1=C\C[C@H]([C@@H](C)C/C(C)=C/[C@@H](C)[C@@H](C[C@@H](C)O[Si](C)(C)C(C)(C)C)O[Si](C)(C)C(C)(C)C)OC(=O)CCCC(O)[C@@H](C)C1. The van der Waals surface area contributed by atoms with Gasteiger partial charge in [0.1, 0.15) is 6.10 Å². The Hall–Kier alpha value is -0.736. The molecule has 0 radical (unpaired) electrons. The number of ether oxygens (including phenoxy) is 1. The van der Waals surface area contributed by atoms with Crippen molar-refractivity contribution in [3.05, 3.63) is 23.3 Å². The van der Waals surface area contributed by atoms with E-state index in [0.717, 1.165) is 19.3 Å². The Morgan fingerprint density at radius 3 is 2.14 bits per heavy atom. The molecule has 7 atom stereocenters. The van der Waals surface area contributed by atoms with Crippen LogP contribution < -0.4 is 0 Å². The fourth-order valence-corrected chi connectivity index (χ4v) is 8.53. The minimum Gasteiger partial charge on any atom is -0.462 e. The second-order valence-electron chi connectivity index (χ2n) is 17.4. The number of cyclic esters (lactones) is 1. The largest absolute Gasteiger partial charge is 0.462 e. The van der Waals surface area contributed by atoms with E-state index in [-0.39, 0.29) is 58.2 Å². The molecule has 1 heterocycles. The van der Waals surface area contributed by atoms with E-state index in [1.54, 1.807) is 0 Å². The van der Waals surface area contributed by atoms with Gasteiger partial charge in [0.25, 0.3) is 0 Å². The molecule has 0 saturated carbocycles. The molecule has 258 valence electrons. The molecule has 0 spiro atoms. The highest BCUT2D eigenvalue weighted by atomic mass is 28.4. The second kappa shape index (κ2) is 16.9. The van der Waals surface area contributed by atoms with E-state index in [1.807, 2.05) is 0 Å². The zero-order valence-electron chi connectivity index (χ0n) is 31.7. The highest BCUT2D eigenvalue weighted by Crippen LogP contribution is 2.41. The van der Waals surface area contributed by atoms with Crippen LogP contribution in [0.1, 0.15) is 128 Å². The third kappa shape index (κ3) is 13.5. The van der Waals surface area contributed by atoms with Crippen LogP contribution >= 0.6 is 0 Å². The lowest BCUT2D eigenvalue weighted by molar-refractivity contribution is -0.151. The molecule has 0 aliphatic carbocycles.